The Morgan fingerprint density at radius 3 is 1.56 bits per heavy atom. The molecule has 0 radical (unpaired) electrons. The fraction of sp³-hybridized carbons (Fsp3) is 0.429. The molecule has 0 atom stereocenters. The number of quaternary nitrogens is 1. The Hall–Kier alpha value is -0.270. The maximum atomic E-state index is 2.08. The third-order valence-corrected chi connectivity index (χ3v) is 0.859. The fourth-order valence-corrected chi connectivity index (χ4v) is 0.581. The number of rotatable bonds is 2. The van der Waals surface area contributed by atoms with Crippen molar-refractivity contribution in [2.75, 3.05) is 7.05 Å². The van der Waals surface area contributed by atoms with Crippen LogP contribution in [0.1, 0.15) is 13.8 Å². The number of nitrogens with one attached hydrogen (secondary N) is 1. The predicted octanol–water partition coefficient (Wildman–Crippen LogP) is -2.43. The Labute approximate surface area is 63.5 Å². The number of hydrogen-bond acceptors (Lipinski definition) is 0. The van der Waals surface area contributed by atoms with Crippen LogP contribution in [0.25, 0.3) is 0 Å². The molecule has 0 rings (SSSR count). The minimum atomic E-state index is 0. The summed E-state index contributed by atoms with van der Waals surface area (Å²) in [5.41, 5.74) is 0. The maximum Gasteiger partial charge on any atom is 0.0942 e. The van der Waals surface area contributed by atoms with E-state index in [-0.39, 0.29) is 12.4 Å². The topological polar surface area (TPSA) is 4.44 Å². The van der Waals surface area contributed by atoms with Gasteiger partial charge < -0.3 is 12.4 Å². The second-order valence-corrected chi connectivity index (χ2v) is 1.74. The molecular formula is C7H14ClN. The van der Waals surface area contributed by atoms with Gasteiger partial charge in [-0.15, -0.1) is 0 Å². The van der Waals surface area contributed by atoms with E-state index in [0.29, 0.717) is 0 Å². The van der Waals surface area contributed by atoms with E-state index in [0.717, 1.165) is 0 Å². The van der Waals surface area contributed by atoms with Crippen LogP contribution >= 0.6 is 0 Å². The fourth-order valence-electron chi connectivity index (χ4n) is 0.581. The molecular weight excluding hydrogens is 134 g/mol. The van der Waals surface area contributed by atoms with Crippen LogP contribution in [0, 0.1) is 0 Å². The SMILES string of the molecule is CC=C[NH+](C)C=CC.[Cl-]. The first-order chi connectivity index (χ1) is 3.81. The molecule has 0 aliphatic heterocycles. The first-order valence-corrected chi connectivity index (χ1v) is 2.90. The Kier molecular flexibility index (Phi) is 9.89. The molecule has 0 heterocycles. The van der Waals surface area contributed by atoms with E-state index in [1.54, 1.807) is 0 Å². The highest BCUT2D eigenvalue weighted by Crippen LogP contribution is 1.56. The Bertz CT molecular complexity index is 85.1. The lowest BCUT2D eigenvalue weighted by molar-refractivity contribution is -0.765. The highest BCUT2D eigenvalue weighted by atomic mass is 35.5. The highest BCUT2D eigenvalue weighted by Gasteiger charge is 1.81. The van der Waals surface area contributed by atoms with Gasteiger partial charge in [0.2, 0.25) is 0 Å². The lowest BCUT2D eigenvalue weighted by Gasteiger charge is -1.96. The quantitative estimate of drug-likeness (QED) is 0.443. The van der Waals surface area contributed by atoms with Crippen LogP contribution in [0.15, 0.2) is 24.6 Å². The van der Waals surface area contributed by atoms with E-state index in [9.17, 15) is 0 Å². The minimum Gasteiger partial charge on any atom is -1.00 e. The zero-order valence-electron chi connectivity index (χ0n) is 6.19. The van der Waals surface area contributed by atoms with Crippen molar-refractivity contribution in [3.8, 4) is 0 Å². The van der Waals surface area contributed by atoms with E-state index in [1.807, 2.05) is 26.0 Å². The van der Waals surface area contributed by atoms with Gasteiger partial charge in [0.05, 0.1) is 19.4 Å². The van der Waals surface area contributed by atoms with Gasteiger partial charge >= 0.3 is 0 Å². The zero-order valence-corrected chi connectivity index (χ0v) is 6.94. The van der Waals surface area contributed by atoms with Crippen molar-refractivity contribution >= 4 is 0 Å². The summed E-state index contributed by atoms with van der Waals surface area (Å²) in [6, 6.07) is 0. The van der Waals surface area contributed by atoms with Crippen LogP contribution in [-0.4, -0.2) is 7.05 Å². The summed E-state index contributed by atoms with van der Waals surface area (Å²) in [5.74, 6) is 0. The predicted molar refractivity (Wildman–Crippen MR) is 36.5 cm³/mol. The van der Waals surface area contributed by atoms with Crippen molar-refractivity contribution in [1.82, 2.24) is 0 Å². The van der Waals surface area contributed by atoms with E-state index in [1.165, 1.54) is 4.90 Å². The molecule has 1 N–H and O–H groups in total. The lowest BCUT2D eigenvalue weighted by Crippen LogP contribution is -3.00. The smallest absolute Gasteiger partial charge is 0.0942 e. The Balaban J connectivity index is 0. The van der Waals surface area contributed by atoms with E-state index in [2.05, 4.69) is 19.4 Å². The van der Waals surface area contributed by atoms with Gasteiger partial charge in [0, 0.05) is 0 Å². The molecule has 0 fully saturated rings. The largest absolute Gasteiger partial charge is 1.00 e. The lowest BCUT2D eigenvalue weighted by atomic mass is 10.6. The summed E-state index contributed by atoms with van der Waals surface area (Å²) in [7, 11) is 2.08. The monoisotopic (exact) mass is 147 g/mol. The van der Waals surface area contributed by atoms with Gasteiger partial charge in [-0.2, -0.15) is 0 Å². The normalized spacial score (nSPS) is 14.1. The van der Waals surface area contributed by atoms with Crippen LogP contribution in [0.3, 0.4) is 0 Å². The van der Waals surface area contributed by atoms with E-state index < -0.39 is 0 Å². The van der Waals surface area contributed by atoms with E-state index >= 15 is 0 Å². The average molecular weight is 148 g/mol. The van der Waals surface area contributed by atoms with Gasteiger partial charge in [-0.3, -0.25) is 4.90 Å². The van der Waals surface area contributed by atoms with Gasteiger partial charge in [0.1, 0.15) is 0 Å². The third-order valence-electron chi connectivity index (χ3n) is 0.859. The molecule has 0 aromatic rings. The summed E-state index contributed by atoms with van der Waals surface area (Å²) in [6.07, 6.45) is 8.24. The molecule has 0 aromatic carbocycles. The van der Waals surface area contributed by atoms with Crippen molar-refractivity contribution in [2.24, 2.45) is 0 Å². The van der Waals surface area contributed by atoms with Crippen LogP contribution in [-0.2, 0) is 0 Å². The molecule has 0 saturated carbocycles. The molecule has 0 aliphatic carbocycles. The molecule has 0 bridgehead atoms. The van der Waals surface area contributed by atoms with Crippen molar-refractivity contribution in [3.63, 3.8) is 0 Å². The van der Waals surface area contributed by atoms with E-state index in [4.69, 9.17) is 0 Å². The summed E-state index contributed by atoms with van der Waals surface area (Å²) >= 11 is 0. The van der Waals surface area contributed by atoms with Crippen LogP contribution in [0.4, 0.5) is 0 Å². The second-order valence-electron chi connectivity index (χ2n) is 1.74. The first-order valence-electron chi connectivity index (χ1n) is 2.90. The van der Waals surface area contributed by atoms with Crippen molar-refractivity contribution in [2.45, 2.75) is 13.8 Å². The summed E-state index contributed by atoms with van der Waals surface area (Å²) in [6.45, 7) is 4.04. The number of hydrogen-bond donors (Lipinski definition) is 1. The van der Waals surface area contributed by atoms with Gasteiger partial charge in [-0.1, -0.05) is 0 Å². The molecule has 0 saturated heterocycles. The number of halogens is 1. The summed E-state index contributed by atoms with van der Waals surface area (Å²) in [4.78, 5) is 1.30. The summed E-state index contributed by atoms with van der Waals surface area (Å²) in [5, 5.41) is 0. The first kappa shape index (κ1) is 11.5. The van der Waals surface area contributed by atoms with Crippen molar-refractivity contribution in [3.05, 3.63) is 24.6 Å². The van der Waals surface area contributed by atoms with Crippen LogP contribution in [0.2, 0.25) is 0 Å². The third kappa shape index (κ3) is 7.73. The maximum absolute atomic E-state index is 2.08. The van der Waals surface area contributed by atoms with Crippen molar-refractivity contribution in [1.29, 1.82) is 0 Å². The van der Waals surface area contributed by atoms with Gasteiger partial charge in [0.25, 0.3) is 0 Å². The van der Waals surface area contributed by atoms with Gasteiger partial charge in [-0.25, -0.2) is 0 Å². The molecule has 9 heavy (non-hydrogen) atoms. The molecule has 0 amide bonds. The van der Waals surface area contributed by atoms with Gasteiger partial charge in [-0.05, 0) is 26.0 Å². The van der Waals surface area contributed by atoms with Gasteiger partial charge in [0.15, 0.2) is 0 Å². The molecule has 0 unspecified atom stereocenters. The highest BCUT2D eigenvalue weighted by molar-refractivity contribution is 4.69. The molecule has 0 aliphatic rings. The minimum absolute atomic E-state index is 0. The molecule has 0 spiro atoms. The Morgan fingerprint density at radius 2 is 1.33 bits per heavy atom. The molecule has 54 valence electrons. The second kappa shape index (κ2) is 7.73. The van der Waals surface area contributed by atoms with Crippen LogP contribution < -0.4 is 17.3 Å². The molecule has 2 heteroatoms. The van der Waals surface area contributed by atoms with Crippen molar-refractivity contribution < 1.29 is 17.3 Å². The standard InChI is InChI=1S/C7H13N.ClH/c1-4-6-8(3)7-5-2;/h4-7H,1-3H3;1H. The number of allylic oxidation sites excluding steroid dienone is 2. The molecule has 1 nitrogen and oxygen atoms in total. The zero-order chi connectivity index (χ0) is 6.41. The Morgan fingerprint density at radius 1 is 1.00 bits per heavy atom. The average Bonchev–Trinajstić information content (AvgIpc) is 1.68. The summed E-state index contributed by atoms with van der Waals surface area (Å²) < 4.78 is 0. The van der Waals surface area contributed by atoms with Crippen LogP contribution in [0.5, 0.6) is 0 Å². The molecule has 0 aromatic heterocycles.